The van der Waals surface area contributed by atoms with Crippen molar-refractivity contribution in [2.45, 2.75) is 26.4 Å². The Morgan fingerprint density at radius 1 is 1.33 bits per heavy atom. The lowest BCUT2D eigenvalue weighted by Gasteiger charge is -2.12. The summed E-state index contributed by atoms with van der Waals surface area (Å²) in [6, 6.07) is 9.90. The molecule has 0 fully saturated rings. The molecular formula is C12H18N2O. The molecule has 2 N–H and O–H groups in total. The third-order valence-electron chi connectivity index (χ3n) is 2.20. The van der Waals surface area contributed by atoms with Gasteiger partial charge in [0.2, 0.25) is 5.91 Å². The number of benzene rings is 1. The number of likely N-dealkylation sites (N-methyl/N-ethyl adjacent to an activating group) is 1. The smallest absolute Gasteiger partial charge is 0.236 e. The van der Waals surface area contributed by atoms with E-state index in [1.54, 1.807) is 0 Å². The Morgan fingerprint density at radius 2 is 2.00 bits per heavy atom. The Bertz CT molecular complexity index is 298. The molecule has 1 atom stereocenters. The quantitative estimate of drug-likeness (QED) is 0.762. The monoisotopic (exact) mass is 206 g/mol. The fraction of sp³-hybridized carbons (Fsp3) is 0.417. The number of amides is 1. The predicted molar refractivity (Wildman–Crippen MR) is 61.4 cm³/mol. The minimum atomic E-state index is -0.148. The molecule has 0 aliphatic heterocycles. The van der Waals surface area contributed by atoms with Gasteiger partial charge in [-0.1, -0.05) is 30.3 Å². The minimum Gasteiger partial charge on any atom is -0.355 e. The van der Waals surface area contributed by atoms with Gasteiger partial charge in [0.25, 0.3) is 0 Å². The second kappa shape index (κ2) is 6.19. The molecule has 15 heavy (non-hydrogen) atoms. The van der Waals surface area contributed by atoms with Crippen molar-refractivity contribution >= 4 is 5.91 Å². The zero-order chi connectivity index (χ0) is 11.1. The van der Waals surface area contributed by atoms with Crippen molar-refractivity contribution in [1.29, 1.82) is 0 Å². The van der Waals surface area contributed by atoms with Gasteiger partial charge in [0, 0.05) is 13.1 Å². The highest BCUT2D eigenvalue weighted by Crippen LogP contribution is 1.98. The summed E-state index contributed by atoms with van der Waals surface area (Å²) in [6.45, 7) is 5.19. The van der Waals surface area contributed by atoms with Crippen LogP contribution in [-0.4, -0.2) is 18.5 Å². The summed E-state index contributed by atoms with van der Waals surface area (Å²) in [5.74, 6) is 0.0495. The van der Waals surface area contributed by atoms with Crippen LogP contribution in [0.3, 0.4) is 0 Å². The van der Waals surface area contributed by atoms with E-state index in [1.165, 1.54) is 5.56 Å². The molecule has 0 radical (unpaired) electrons. The van der Waals surface area contributed by atoms with Crippen LogP contribution in [0.15, 0.2) is 30.3 Å². The van der Waals surface area contributed by atoms with Crippen molar-refractivity contribution in [2.24, 2.45) is 0 Å². The standard InChI is InChI=1S/C12H18N2O/c1-3-13-12(15)10(2)14-9-11-7-5-4-6-8-11/h4-8,10,14H,3,9H2,1-2H3,(H,13,15). The first-order valence-electron chi connectivity index (χ1n) is 5.29. The van der Waals surface area contributed by atoms with Crippen molar-refractivity contribution in [2.75, 3.05) is 6.54 Å². The van der Waals surface area contributed by atoms with E-state index in [4.69, 9.17) is 0 Å². The molecule has 0 aromatic heterocycles. The van der Waals surface area contributed by atoms with Crippen molar-refractivity contribution < 1.29 is 4.79 Å². The molecule has 0 aliphatic rings. The fourth-order valence-electron chi connectivity index (χ4n) is 1.29. The highest BCUT2D eigenvalue weighted by atomic mass is 16.2. The third kappa shape index (κ3) is 4.13. The molecule has 1 amide bonds. The Labute approximate surface area is 90.9 Å². The number of rotatable bonds is 5. The molecule has 3 heteroatoms. The predicted octanol–water partition coefficient (Wildman–Crippen LogP) is 1.30. The number of nitrogens with one attached hydrogen (secondary N) is 2. The topological polar surface area (TPSA) is 41.1 Å². The zero-order valence-corrected chi connectivity index (χ0v) is 9.29. The lowest BCUT2D eigenvalue weighted by molar-refractivity contribution is -0.122. The van der Waals surface area contributed by atoms with Gasteiger partial charge >= 0.3 is 0 Å². The van der Waals surface area contributed by atoms with Gasteiger partial charge in [0.1, 0.15) is 0 Å². The molecular weight excluding hydrogens is 188 g/mol. The first-order valence-corrected chi connectivity index (χ1v) is 5.29. The molecule has 82 valence electrons. The normalized spacial score (nSPS) is 12.1. The lowest BCUT2D eigenvalue weighted by Crippen LogP contribution is -2.41. The van der Waals surface area contributed by atoms with Gasteiger partial charge in [0.15, 0.2) is 0 Å². The first kappa shape index (κ1) is 11.7. The van der Waals surface area contributed by atoms with Gasteiger partial charge in [-0.3, -0.25) is 4.79 Å². The van der Waals surface area contributed by atoms with Crippen LogP contribution < -0.4 is 10.6 Å². The second-order valence-electron chi connectivity index (χ2n) is 3.48. The molecule has 1 aromatic carbocycles. The molecule has 3 nitrogen and oxygen atoms in total. The molecule has 0 saturated carbocycles. The third-order valence-corrected chi connectivity index (χ3v) is 2.20. The maximum atomic E-state index is 11.4. The van der Waals surface area contributed by atoms with E-state index < -0.39 is 0 Å². The van der Waals surface area contributed by atoms with Crippen molar-refractivity contribution in [1.82, 2.24) is 10.6 Å². The Hall–Kier alpha value is -1.35. The summed E-state index contributed by atoms with van der Waals surface area (Å²) in [7, 11) is 0. The van der Waals surface area contributed by atoms with Gasteiger partial charge in [0.05, 0.1) is 6.04 Å². The van der Waals surface area contributed by atoms with Gasteiger partial charge in [-0.05, 0) is 19.4 Å². The fourth-order valence-corrected chi connectivity index (χ4v) is 1.29. The molecule has 1 unspecified atom stereocenters. The molecule has 0 bridgehead atoms. The van der Waals surface area contributed by atoms with E-state index in [1.807, 2.05) is 44.2 Å². The van der Waals surface area contributed by atoms with E-state index in [0.29, 0.717) is 6.54 Å². The average molecular weight is 206 g/mol. The highest BCUT2D eigenvalue weighted by Gasteiger charge is 2.09. The van der Waals surface area contributed by atoms with Crippen molar-refractivity contribution in [3.05, 3.63) is 35.9 Å². The number of carbonyl (C=O) groups excluding carboxylic acids is 1. The lowest BCUT2D eigenvalue weighted by atomic mass is 10.2. The van der Waals surface area contributed by atoms with Crippen LogP contribution in [-0.2, 0) is 11.3 Å². The largest absolute Gasteiger partial charge is 0.355 e. The number of hydrogen-bond acceptors (Lipinski definition) is 2. The minimum absolute atomic E-state index is 0.0495. The van der Waals surface area contributed by atoms with Gasteiger partial charge < -0.3 is 10.6 Å². The summed E-state index contributed by atoms with van der Waals surface area (Å²) in [5, 5.41) is 5.95. The number of hydrogen-bond donors (Lipinski definition) is 2. The van der Waals surface area contributed by atoms with Crippen LogP contribution in [0.1, 0.15) is 19.4 Å². The molecule has 1 rings (SSSR count). The molecule has 0 heterocycles. The van der Waals surface area contributed by atoms with Crippen LogP contribution in [0.4, 0.5) is 0 Å². The van der Waals surface area contributed by atoms with E-state index >= 15 is 0 Å². The summed E-state index contributed by atoms with van der Waals surface area (Å²) in [6.07, 6.45) is 0. The van der Waals surface area contributed by atoms with Crippen LogP contribution >= 0.6 is 0 Å². The van der Waals surface area contributed by atoms with Crippen LogP contribution in [0.2, 0.25) is 0 Å². The van der Waals surface area contributed by atoms with Crippen molar-refractivity contribution in [3.63, 3.8) is 0 Å². The average Bonchev–Trinajstić information content (AvgIpc) is 2.27. The summed E-state index contributed by atoms with van der Waals surface area (Å²) in [4.78, 5) is 11.4. The Balaban J connectivity index is 2.34. The SMILES string of the molecule is CCNC(=O)C(C)NCc1ccccc1. The van der Waals surface area contributed by atoms with Gasteiger partial charge in [-0.15, -0.1) is 0 Å². The molecule has 1 aromatic rings. The van der Waals surface area contributed by atoms with E-state index in [0.717, 1.165) is 6.54 Å². The summed E-state index contributed by atoms with van der Waals surface area (Å²) < 4.78 is 0. The van der Waals surface area contributed by atoms with E-state index in [-0.39, 0.29) is 11.9 Å². The zero-order valence-electron chi connectivity index (χ0n) is 9.29. The summed E-state index contributed by atoms with van der Waals surface area (Å²) in [5.41, 5.74) is 1.19. The van der Waals surface area contributed by atoms with Gasteiger partial charge in [-0.25, -0.2) is 0 Å². The molecule has 0 spiro atoms. The van der Waals surface area contributed by atoms with E-state index in [2.05, 4.69) is 10.6 Å². The van der Waals surface area contributed by atoms with Crippen LogP contribution in [0, 0.1) is 0 Å². The Morgan fingerprint density at radius 3 is 2.60 bits per heavy atom. The maximum Gasteiger partial charge on any atom is 0.236 e. The van der Waals surface area contributed by atoms with Gasteiger partial charge in [-0.2, -0.15) is 0 Å². The summed E-state index contributed by atoms with van der Waals surface area (Å²) >= 11 is 0. The maximum absolute atomic E-state index is 11.4. The first-order chi connectivity index (χ1) is 7.24. The highest BCUT2D eigenvalue weighted by molar-refractivity contribution is 5.81. The Kier molecular flexibility index (Phi) is 4.84. The van der Waals surface area contributed by atoms with Crippen LogP contribution in [0.25, 0.3) is 0 Å². The number of carbonyl (C=O) groups is 1. The van der Waals surface area contributed by atoms with E-state index in [9.17, 15) is 4.79 Å². The molecule has 0 saturated heterocycles. The molecule has 0 aliphatic carbocycles. The second-order valence-corrected chi connectivity index (χ2v) is 3.48. The van der Waals surface area contributed by atoms with Crippen molar-refractivity contribution in [3.8, 4) is 0 Å². The van der Waals surface area contributed by atoms with Crippen LogP contribution in [0.5, 0.6) is 0 Å².